The lowest BCUT2D eigenvalue weighted by Crippen LogP contribution is -2.56. The number of carbonyl (C=O) groups is 4. The molecule has 0 radical (unpaired) electrons. The molecule has 44 heavy (non-hydrogen) atoms. The third-order valence-electron chi connectivity index (χ3n) is 9.45. The monoisotopic (exact) mass is 671 g/mol. The molecule has 7 atom stereocenters. The number of aliphatic hydroxyl groups is 1. The number of carbonyl (C=O) groups excluding carboxylic acids is 4. The zero-order chi connectivity index (χ0) is 31.6. The molecule has 4 heterocycles. The van der Waals surface area contributed by atoms with E-state index in [2.05, 4.69) is 22.9 Å². The highest BCUT2D eigenvalue weighted by Gasteiger charge is 2.75. The number of fused-ring (bicyclic) bond motifs is 2. The molecule has 0 unspecified atom stereocenters. The van der Waals surface area contributed by atoms with Crippen molar-refractivity contribution in [1.29, 1.82) is 0 Å². The Bertz CT molecular complexity index is 1320. The third kappa shape index (κ3) is 5.74. The number of unbranched alkanes of at least 4 members (excludes halogenated alkanes) is 2. The highest BCUT2D eigenvalue weighted by molar-refractivity contribution is 9.11. The van der Waals surface area contributed by atoms with Crippen molar-refractivity contribution in [3.05, 3.63) is 58.6 Å². The maximum absolute atomic E-state index is 14.4. The van der Waals surface area contributed by atoms with Gasteiger partial charge in [-0.15, -0.1) is 0 Å². The van der Waals surface area contributed by atoms with E-state index in [-0.39, 0.29) is 31.4 Å². The Balaban J connectivity index is 1.59. The zero-order valence-corrected chi connectivity index (χ0v) is 27.1. The van der Waals surface area contributed by atoms with Gasteiger partial charge in [0.25, 0.3) is 0 Å². The summed E-state index contributed by atoms with van der Waals surface area (Å²) in [6.07, 6.45) is 7.39. The number of ether oxygens (including phenoxy) is 2. The van der Waals surface area contributed by atoms with Gasteiger partial charge in [0.2, 0.25) is 17.7 Å². The number of cyclic esters (lactones) is 1. The number of rotatable bonds is 7. The van der Waals surface area contributed by atoms with Crippen LogP contribution in [0.5, 0.6) is 0 Å². The van der Waals surface area contributed by atoms with Gasteiger partial charge in [0.15, 0.2) is 0 Å². The Morgan fingerprint density at radius 1 is 1.02 bits per heavy atom. The molecule has 1 aromatic carbocycles. The summed E-state index contributed by atoms with van der Waals surface area (Å²) in [5, 5.41) is 9.95. The second-order valence-electron chi connectivity index (χ2n) is 12.1. The van der Waals surface area contributed by atoms with Crippen molar-refractivity contribution in [3.8, 4) is 0 Å². The third-order valence-corrected chi connectivity index (χ3v) is 10.1. The van der Waals surface area contributed by atoms with Crippen LogP contribution in [0.1, 0.15) is 57.6 Å². The predicted molar refractivity (Wildman–Crippen MR) is 166 cm³/mol. The van der Waals surface area contributed by atoms with Gasteiger partial charge in [-0.3, -0.25) is 19.2 Å². The molecular weight excluding hydrogens is 630 g/mol. The van der Waals surface area contributed by atoms with Crippen LogP contribution in [0.2, 0.25) is 0 Å². The Labute approximate surface area is 267 Å². The first kappa shape index (κ1) is 32.4. The number of β-amino-alcohol motifs (C(OH)–C–C–N with tert-alkyl or cyclic N) is 1. The van der Waals surface area contributed by atoms with E-state index in [1.807, 2.05) is 49.4 Å². The number of nitrogens with zero attached hydrogens (tertiary/aromatic N) is 3. The van der Waals surface area contributed by atoms with Gasteiger partial charge in [-0.05, 0) is 31.4 Å². The Morgan fingerprint density at radius 3 is 2.48 bits per heavy atom. The van der Waals surface area contributed by atoms with Crippen molar-refractivity contribution >= 4 is 39.6 Å². The minimum atomic E-state index is -1.39. The molecule has 1 aromatic rings. The van der Waals surface area contributed by atoms with Crippen LogP contribution >= 0.6 is 15.9 Å². The van der Waals surface area contributed by atoms with Crippen molar-refractivity contribution in [1.82, 2.24) is 14.7 Å². The number of likely N-dealkylation sites (N-methyl/N-ethyl adjacent to an activating group) is 1. The van der Waals surface area contributed by atoms with E-state index in [0.717, 1.165) is 24.8 Å². The van der Waals surface area contributed by atoms with Crippen molar-refractivity contribution in [2.45, 2.75) is 75.8 Å². The van der Waals surface area contributed by atoms with E-state index >= 15 is 0 Å². The van der Waals surface area contributed by atoms with E-state index in [1.165, 1.54) is 4.90 Å². The lowest BCUT2D eigenvalue weighted by Gasteiger charge is -2.35. The minimum Gasteiger partial charge on any atom is -0.455 e. The second kappa shape index (κ2) is 13.5. The highest BCUT2D eigenvalue weighted by atomic mass is 79.9. The van der Waals surface area contributed by atoms with E-state index < -0.39 is 53.6 Å². The molecule has 5 bridgehead atoms. The average molecular weight is 673 g/mol. The quantitative estimate of drug-likeness (QED) is 0.269. The van der Waals surface area contributed by atoms with Gasteiger partial charge in [0, 0.05) is 37.6 Å². The van der Waals surface area contributed by atoms with Crippen molar-refractivity contribution in [2.24, 2.45) is 11.8 Å². The molecular formula is C33H42BrN3O7. The lowest BCUT2D eigenvalue weighted by atomic mass is 9.74. The molecule has 1 N–H and O–H groups in total. The molecule has 4 aliphatic heterocycles. The Hall–Kier alpha value is -3.02. The molecule has 4 aliphatic rings. The molecule has 1 spiro atoms. The van der Waals surface area contributed by atoms with Gasteiger partial charge in [0.05, 0.1) is 18.6 Å². The minimum absolute atomic E-state index is 0.0655. The number of amides is 3. The summed E-state index contributed by atoms with van der Waals surface area (Å²) in [5.74, 6) is -3.47. The fourth-order valence-corrected chi connectivity index (χ4v) is 7.79. The van der Waals surface area contributed by atoms with E-state index in [1.54, 1.807) is 22.9 Å². The first-order chi connectivity index (χ1) is 21.2. The molecule has 2 saturated heterocycles. The van der Waals surface area contributed by atoms with Crippen LogP contribution < -0.4 is 0 Å². The molecule has 10 nitrogen and oxygen atoms in total. The van der Waals surface area contributed by atoms with Gasteiger partial charge in [-0.2, -0.15) is 0 Å². The van der Waals surface area contributed by atoms with Gasteiger partial charge in [-0.25, -0.2) is 0 Å². The number of halogens is 1. The van der Waals surface area contributed by atoms with Crippen molar-refractivity contribution < 1.29 is 33.8 Å². The van der Waals surface area contributed by atoms with Crippen molar-refractivity contribution in [2.75, 3.05) is 33.3 Å². The summed E-state index contributed by atoms with van der Waals surface area (Å²) >= 11 is 3.57. The molecule has 0 saturated carbocycles. The van der Waals surface area contributed by atoms with Gasteiger partial charge < -0.3 is 29.3 Å². The summed E-state index contributed by atoms with van der Waals surface area (Å²) < 4.78 is 13.3. The lowest BCUT2D eigenvalue weighted by molar-refractivity contribution is -0.164. The van der Waals surface area contributed by atoms with Gasteiger partial charge >= 0.3 is 5.97 Å². The SMILES string of the molecule is CCCCCN1C/C=C\CCC(=O)N(C)[C@@H](C)[C@H](c2ccccc2)OC(=O)[C@H]2[C@@H]3O[C@@]4(C=C3Br)[C@@H]2C(=O)N(CCO)[C@@H]4C1=O. The van der Waals surface area contributed by atoms with Crippen molar-refractivity contribution in [3.63, 3.8) is 0 Å². The Kier molecular flexibility index (Phi) is 9.96. The number of allylic oxidation sites excluding steroid dienone is 1. The predicted octanol–water partition coefficient (Wildman–Crippen LogP) is 3.35. The highest BCUT2D eigenvalue weighted by Crippen LogP contribution is 2.59. The summed E-state index contributed by atoms with van der Waals surface area (Å²) in [4.78, 5) is 60.7. The molecule has 238 valence electrons. The first-order valence-corrected chi connectivity index (χ1v) is 16.4. The van der Waals surface area contributed by atoms with Gasteiger partial charge in [0.1, 0.15) is 29.8 Å². The number of hydrogen-bond acceptors (Lipinski definition) is 7. The van der Waals surface area contributed by atoms with E-state index in [9.17, 15) is 24.3 Å². The topological polar surface area (TPSA) is 117 Å². The molecule has 5 rings (SSSR count). The molecule has 3 amide bonds. The second-order valence-corrected chi connectivity index (χ2v) is 13.0. The number of aliphatic hydroxyl groups excluding tert-OH is 1. The van der Waals surface area contributed by atoms with Crippen LogP contribution in [0.4, 0.5) is 0 Å². The molecule has 0 aliphatic carbocycles. The van der Waals surface area contributed by atoms with Crippen LogP contribution in [0.25, 0.3) is 0 Å². The standard InChI is InChI=1S/C33H42BrN3O7/c1-4-5-11-16-36-17-12-7-10-15-24(39)35(3)21(2)27(22-13-8-6-9-14-22)43-32(42)25-26-30(40)37(18-19-38)29(31(36)41)33(26)20-23(34)28(25)44-33/h6-9,12-14,20-21,25-29,38H,4-5,10-11,15-19H2,1-3H3/b12-7-/t21-,25+,26-,27+,28+,29+,33-/m0/s1. The van der Waals surface area contributed by atoms with Crippen LogP contribution in [-0.4, -0.2) is 101 Å². The number of esters is 1. The summed E-state index contributed by atoms with van der Waals surface area (Å²) in [7, 11) is 1.70. The molecule has 11 heteroatoms. The average Bonchev–Trinajstić information content (AvgIpc) is 3.61. The van der Waals surface area contributed by atoms with Crippen LogP contribution in [0, 0.1) is 11.8 Å². The fourth-order valence-electron chi connectivity index (χ4n) is 7.06. The fraction of sp³-hybridized carbons (Fsp3) is 0.576. The summed E-state index contributed by atoms with van der Waals surface area (Å²) in [5.41, 5.74) is -0.674. The maximum Gasteiger partial charge on any atom is 0.313 e. The van der Waals surface area contributed by atoms with Crippen LogP contribution in [0.15, 0.2) is 53.0 Å². The summed E-state index contributed by atoms with van der Waals surface area (Å²) in [6, 6.07) is 7.68. The van der Waals surface area contributed by atoms with Crippen LogP contribution in [-0.2, 0) is 28.7 Å². The smallest absolute Gasteiger partial charge is 0.313 e. The maximum atomic E-state index is 14.4. The van der Waals surface area contributed by atoms with E-state index in [4.69, 9.17) is 9.47 Å². The summed E-state index contributed by atoms with van der Waals surface area (Å²) in [6.45, 7) is 4.30. The largest absolute Gasteiger partial charge is 0.455 e. The normalized spacial score (nSPS) is 33.5. The van der Waals surface area contributed by atoms with Crippen LogP contribution in [0.3, 0.4) is 0 Å². The van der Waals surface area contributed by atoms with E-state index in [0.29, 0.717) is 24.0 Å². The number of likely N-dealkylation sites (tertiary alicyclic amines) is 1. The number of hydrogen-bond donors (Lipinski definition) is 1. The Morgan fingerprint density at radius 2 is 1.77 bits per heavy atom. The number of benzene rings is 1. The zero-order valence-electron chi connectivity index (χ0n) is 25.6. The van der Waals surface area contributed by atoms with Gasteiger partial charge in [-0.1, -0.05) is 78.2 Å². The first-order valence-electron chi connectivity index (χ1n) is 15.6. The molecule has 2 fully saturated rings. The molecule has 0 aromatic heterocycles.